The van der Waals surface area contributed by atoms with Gasteiger partial charge in [-0.2, -0.15) is 0 Å². The van der Waals surface area contributed by atoms with E-state index in [4.69, 9.17) is 4.98 Å². The van der Waals surface area contributed by atoms with Crippen LogP contribution < -0.4 is 4.90 Å². The van der Waals surface area contributed by atoms with Gasteiger partial charge in [-0.25, -0.2) is 4.98 Å². The summed E-state index contributed by atoms with van der Waals surface area (Å²) in [6, 6.07) is 11.0. The van der Waals surface area contributed by atoms with Gasteiger partial charge < -0.3 is 9.47 Å². The highest BCUT2D eigenvalue weighted by atomic mass is 15.2. The molecule has 0 spiro atoms. The van der Waals surface area contributed by atoms with Gasteiger partial charge in [0.25, 0.3) is 0 Å². The lowest BCUT2D eigenvalue weighted by Crippen LogP contribution is -2.31. The number of benzene rings is 1. The van der Waals surface area contributed by atoms with Crippen molar-refractivity contribution in [2.24, 2.45) is 0 Å². The Bertz CT molecular complexity index is 951. The van der Waals surface area contributed by atoms with Gasteiger partial charge in [-0.05, 0) is 42.5 Å². The molecule has 0 radical (unpaired) electrons. The first-order chi connectivity index (χ1) is 12.7. The fourth-order valence-corrected chi connectivity index (χ4v) is 4.31. The number of rotatable bonds is 5. The van der Waals surface area contributed by atoms with Crippen LogP contribution in [0.15, 0.2) is 49.2 Å². The van der Waals surface area contributed by atoms with Gasteiger partial charge in [0.1, 0.15) is 0 Å². The van der Waals surface area contributed by atoms with Crippen LogP contribution in [0.4, 0.5) is 5.82 Å². The molecule has 0 atom stereocenters. The highest BCUT2D eigenvalue weighted by molar-refractivity contribution is 5.94. The standard InChI is InChI=1S/C23H27N3/c1-4-8-20-17(3)26(14-5-2)22-21(20)11-13-24-23(22)25-15-12-18-9-6-7-10-19(18)16-25/h5-7,9-11,13H,2,4,8,12,14-16H2,1,3H3. The first-order valence-electron chi connectivity index (χ1n) is 9.63. The van der Waals surface area contributed by atoms with Crippen LogP contribution >= 0.6 is 0 Å². The maximum Gasteiger partial charge on any atom is 0.153 e. The lowest BCUT2D eigenvalue weighted by molar-refractivity contribution is 0.718. The van der Waals surface area contributed by atoms with Crippen LogP contribution in [0.2, 0.25) is 0 Å². The molecule has 1 aromatic carbocycles. The molecule has 26 heavy (non-hydrogen) atoms. The van der Waals surface area contributed by atoms with E-state index in [1.807, 2.05) is 12.3 Å². The number of aryl methyl sites for hydroxylation is 1. The molecule has 3 aromatic rings. The second-order valence-electron chi connectivity index (χ2n) is 7.18. The van der Waals surface area contributed by atoms with Gasteiger partial charge in [0, 0.05) is 36.9 Å². The second-order valence-corrected chi connectivity index (χ2v) is 7.18. The van der Waals surface area contributed by atoms with E-state index in [0.717, 1.165) is 44.7 Å². The van der Waals surface area contributed by atoms with E-state index in [1.54, 1.807) is 0 Å². The molecular weight excluding hydrogens is 318 g/mol. The Hall–Kier alpha value is -2.55. The number of hydrogen-bond donors (Lipinski definition) is 0. The molecule has 0 bridgehead atoms. The zero-order valence-electron chi connectivity index (χ0n) is 15.8. The summed E-state index contributed by atoms with van der Waals surface area (Å²) in [4.78, 5) is 7.28. The van der Waals surface area contributed by atoms with Gasteiger partial charge in [0.15, 0.2) is 5.82 Å². The van der Waals surface area contributed by atoms with Crippen molar-refractivity contribution in [2.45, 2.75) is 46.2 Å². The van der Waals surface area contributed by atoms with E-state index in [2.05, 4.69) is 60.2 Å². The minimum Gasteiger partial charge on any atom is -0.350 e. The zero-order chi connectivity index (χ0) is 18.1. The van der Waals surface area contributed by atoms with Gasteiger partial charge in [-0.3, -0.25) is 0 Å². The number of aromatic nitrogens is 2. The zero-order valence-corrected chi connectivity index (χ0v) is 15.8. The topological polar surface area (TPSA) is 21.1 Å². The molecule has 1 aliphatic heterocycles. The Kier molecular flexibility index (Phi) is 4.54. The first-order valence-corrected chi connectivity index (χ1v) is 9.63. The van der Waals surface area contributed by atoms with Crippen molar-refractivity contribution in [1.82, 2.24) is 9.55 Å². The number of allylic oxidation sites excluding steroid dienone is 1. The molecule has 4 rings (SSSR count). The molecular formula is C23H27N3. The van der Waals surface area contributed by atoms with E-state index in [0.29, 0.717) is 0 Å². The molecule has 0 saturated carbocycles. The SMILES string of the molecule is C=CCn1c(C)c(CCC)c2ccnc(N3CCc4ccccc4C3)c21. The van der Waals surface area contributed by atoms with Gasteiger partial charge in [-0.15, -0.1) is 6.58 Å². The summed E-state index contributed by atoms with van der Waals surface area (Å²) < 4.78 is 2.40. The quantitative estimate of drug-likeness (QED) is 0.604. The summed E-state index contributed by atoms with van der Waals surface area (Å²) in [5.41, 5.74) is 6.98. The lowest BCUT2D eigenvalue weighted by atomic mass is 10.00. The van der Waals surface area contributed by atoms with Gasteiger partial charge in [0.05, 0.1) is 5.52 Å². The Balaban J connectivity index is 1.86. The van der Waals surface area contributed by atoms with E-state index < -0.39 is 0 Å². The Morgan fingerprint density at radius 1 is 1.19 bits per heavy atom. The lowest BCUT2D eigenvalue weighted by Gasteiger charge is -2.30. The normalized spacial score (nSPS) is 13.8. The fraction of sp³-hybridized carbons (Fsp3) is 0.348. The van der Waals surface area contributed by atoms with Crippen LogP contribution in [0.1, 0.15) is 35.7 Å². The van der Waals surface area contributed by atoms with Crippen LogP contribution in [0.3, 0.4) is 0 Å². The van der Waals surface area contributed by atoms with E-state index >= 15 is 0 Å². The molecule has 0 amide bonds. The summed E-state index contributed by atoms with van der Waals surface area (Å²) in [7, 11) is 0. The van der Waals surface area contributed by atoms with Crippen LogP contribution in [-0.2, 0) is 25.9 Å². The summed E-state index contributed by atoms with van der Waals surface area (Å²) in [5.74, 6) is 1.12. The Morgan fingerprint density at radius 3 is 2.77 bits per heavy atom. The predicted molar refractivity (Wildman–Crippen MR) is 110 cm³/mol. The van der Waals surface area contributed by atoms with Gasteiger partial charge in [0.2, 0.25) is 0 Å². The molecule has 0 saturated heterocycles. The first kappa shape index (κ1) is 16.9. The van der Waals surface area contributed by atoms with E-state index in [1.165, 1.54) is 33.3 Å². The molecule has 3 heterocycles. The molecule has 1 aliphatic rings. The minimum atomic E-state index is 0.829. The van der Waals surface area contributed by atoms with E-state index in [9.17, 15) is 0 Å². The summed E-state index contributed by atoms with van der Waals surface area (Å²) in [6.07, 6.45) is 7.32. The number of anilines is 1. The molecule has 3 heteroatoms. The van der Waals surface area contributed by atoms with Crippen LogP contribution in [-0.4, -0.2) is 16.1 Å². The van der Waals surface area contributed by atoms with Crippen molar-refractivity contribution in [1.29, 1.82) is 0 Å². The molecule has 134 valence electrons. The molecule has 0 N–H and O–H groups in total. The third kappa shape index (κ3) is 2.72. The molecule has 0 unspecified atom stereocenters. The Labute approximate surface area is 156 Å². The van der Waals surface area contributed by atoms with Crippen molar-refractivity contribution in [3.63, 3.8) is 0 Å². The number of pyridine rings is 1. The number of fused-ring (bicyclic) bond motifs is 2. The molecule has 3 nitrogen and oxygen atoms in total. The smallest absolute Gasteiger partial charge is 0.153 e. The average molecular weight is 345 g/mol. The third-order valence-electron chi connectivity index (χ3n) is 5.58. The predicted octanol–water partition coefficient (Wildman–Crippen LogP) is 5.05. The monoisotopic (exact) mass is 345 g/mol. The summed E-state index contributed by atoms with van der Waals surface area (Å²) in [5, 5.41) is 1.36. The largest absolute Gasteiger partial charge is 0.350 e. The third-order valence-corrected chi connectivity index (χ3v) is 5.58. The second kappa shape index (κ2) is 6.99. The van der Waals surface area contributed by atoms with Gasteiger partial charge >= 0.3 is 0 Å². The molecule has 2 aromatic heterocycles. The number of hydrogen-bond acceptors (Lipinski definition) is 2. The fourth-order valence-electron chi connectivity index (χ4n) is 4.31. The summed E-state index contributed by atoms with van der Waals surface area (Å²) >= 11 is 0. The van der Waals surface area contributed by atoms with Crippen molar-refractivity contribution < 1.29 is 0 Å². The maximum absolute atomic E-state index is 4.83. The van der Waals surface area contributed by atoms with Crippen molar-refractivity contribution in [3.8, 4) is 0 Å². The minimum absolute atomic E-state index is 0.829. The van der Waals surface area contributed by atoms with Crippen molar-refractivity contribution >= 4 is 16.7 Å². The van der Waals surface area contributed by atoms with Crippen LogP contribution in [0.25, 0.3) is 10.9 Å². The highest BCUT2D eigenvalue weighted by Gasteiger charge is 2.23. The van der Waals surface area contributed by atoms with Gasteiger partial charge in [-0.1, -0.05) is 43.7 Å². The van der Waals surface area contributed by atoms with Crippen molar-refractivity contribution in [3.05, 3.63) is 71.6 Å². The number of nitrogens with zero attached hydrogens (tertiary/aromatic N) is 3. The van der Waals surface area contributed by atoms with Crippen LogP contribution in [0.5, 0.6) is 0 Å². The van der Waals surface area contributed by atoms with Crippen molar-refractivity contribution in [2.75, 3.05) is 11.4 Å². The van der Waals surface area contributed by atoms with E-state index in [-0.39, 0.29) is 0 Å². The molecule has 0 aliphatic carbocycles. The Morgan fingerprint density at radius 2 is 2.00 bits per heavy atom. The average Bonchev–Trinajstić information content (AvgIpc) is 2.94. The summed E-state index contributed by atoms with van der Waals surface area (Å²) in [6.45, 7) is 11.2. The van der Waals surface area contributed by atoms with Crippen LogP contribution in [0, 0.1) is 6.92 Å². The highest BCUT2D eigenvalue weighted by Crippen LogP contribution is 2.34. The molecule has 0 fully saturated rings. The maximum atomic E-state index is 4.83.